The SMILES string of the molecule is O=P([O-])(O)OP([O-])(O)=S. The third kappa shape index (κ3) is 8.68. The molecule has 0 saturated carbocycles. The second-order valence-electron chi connectivity index (χ2n) is 1.02. The molecule has 0 bridgehead atoms. The molecule has 0 aliphatic rings. The van der Waals surface area contributed by atoms with Gasteiger partial charge in [0.1, 0.15) is 6.72 Å². The predicted octanol–water partition coefficient (Wildman–Crippen LogP) is -1.96. The molecule has 9 heavy (non-hydrogen) atoms. The van der Waals surface area contributed by atoms with Crippen LogP contribution >= 0.6 is 14.5 Å². The van der Waals surface area contributed by atoms with Crippen LogP contribution in [-0.2, 0) is 20.7 Å². The van der Waals surface area contributed by atoms with Crippen molar-refractivity contribution >= 4 is 26.3 Å². The van der Waals surface area contributed by atoms with Crippen molar-refractivity contribution in [1.29, 1.82) is 0 Å². The Hall–Kier alpha value is 0.680. The maximum absolute atomic E-state index is 9.85. The van der Waals surface area contributed by atoms with Gasteiger partial charge in [-0.2, -0.15) is 0 Å². The smallest absolute Gasteiger partial charge is 0.270 e. The van der Waals surface area contributed by atoms with E-state index in [0.717, 1.165) is 0 Å². The van der Waals surface area contributed by atoms with Gasteiger partial charge in [0, 0.05) is 0 Å². The zero-order valence-corrected chi connectivity index (χ0v) is 6.44. The topological polar surface area (TPSA) is 113 Å². The van der Waals surface area contributed by atoms with Crippen LogP contribution in [0.2, 0.25) is 0 Å². The maximum Gasteiger partial charge on any atom is 0.270 e. The molecule has 0 radical (unpaired) electrons. The van der Waals surface area contributed by atoms with Gasteiger partial charge >= 0.3 is 0 Å². The van der Waals surface area contributed by atoms with Crippen LogP contribution in [0, 0.1) is 0 Å². The van der Waals surface area contributed by atoms with Crippen molar-refractivity contribution in [2.45, 2.75) is 0 Å². The maximum atomic E-state index is 9.85. The van der Waals surface area contributed by atoms with E-state index in [1.807, 2.05) is 0 Å². The Balaban J connectivity index is 4.07. The fourth-order valence-corrected chi connectivity index (χ4v) is 1.93. The summed E-state index contributed by atoms with van der Waals surface area (Å²) in [6.07, 6.45) is 0. The summed E-state index contributed by atoms with van der Waals surface area (Å²) in [5.41, 5.74) is 0. The molecule has 56 valence electrons. The highest BCUT2D eigenvalue weighted by Gasteiger charge is 2.06. The van der Waals surface area contributed by atoms with Crippen LogP contribution in [0.15, 0.2) is 0 Å². The lowest BCUT2D eigenvalue weighted by molar-refractivity contribution is -0.228. The molecule has 0 aromatic heterocycles. The molecule has 0 rings (SSSR count). The molecular weight excluding hydrogens is 190 g/mol. The van der Waals surface area contributed by atoms with Gasteiger partial charge in [0.05, 0.1) is 0 Å². The van der Waals surface area contributed by atoms with E-state index in [-0.39, 0.29) is 0 Å². The third-order valence-corrected chi connectivity index (χ3v) is 2.46. The van der Waals surface area contributed by atoms with E-state index in [4.69, 9.17) is 9.79 Å². The zero-order valence-electron chi connectivity index (χ0n) is 3.83. The Morgan fingerprint density at radius 1 is 1.44 bits per heavy atom. The summed E-state index contributed by atoms with van der Waals surface area (Å²) in [4.78, 5) is 35.2. The lowest BCUT2D eigenvalue weighted by Crippen LogP contribution is -2.07. The number of hydrogen-bond donors (Lipinski definition) is 2. The Morgan fingerprint density at radius 2 is 1.78 bits per heavy atom. The Labute approximate surface area is 55.6 Å². The van der Waals surface area contributed by atoms with Gasteiger partial charge in [0.15, 0.2) is 0 Å². The fourth-order valence-electron chi connectivity index (χ4n) is 0.130. The monoisotopic (exact) mass is 192 g/mol. The van der Waals surface area contributed by atoms with Gasteiger partial charge < -0.3 is 19.6 Å². The molecule has 0 aromatic carbocycles. The van der Waals surface area contributed by atoms with E-state index in [9.17, 15) is 14.4 Å². The van der Waals surface area contributed by atoms with Crippen molar-refractivity contribution in [3.8, 4) is 0 Å². The molecule has 9 heteroatoms. The fraction of sp³-hybridized carbons (Fsp3) is 0. The highest BCUT2D eigenvalue weighted by Crippen LogP contribution is 2.48. The highest BCUT2D eigenvalue weighted by molar-refractivity contribution is 8.07. The first-order valence-electron chi connectivity index (χ1n) is 1.50. The quantitative estimate of drug-likeness (QED) is 0.488. The zero-order chi connectivity index (χ0) is 7.71. The summed E-state index contributed by atoms with van der Waals surface area (Å²) in [6, 6.07) is 0. The first-order chi connectivity index (χ1) is 3.71. The van der Waals surface area contributed by atoms with E-state index in [1.54, 1.807) is 0 Å². The molecule has 0 amide bonds. The summed E-state index contributed by atoms with van der Waals surface area (Å²) < 4.78 is 12.7. The van der Waals surface area contributed by atoms with Crippen molar-refractivity contribution in [2.24, 2.45) is 0 Å². The molecule has 0 aliphatic heterocycles. The molecule has 0 aromatic rings. The Morgan fingerprint density at radius 3 is 1.78 bits per heavy atom. The van der Waals surface area contributed by atoms with E-state index >= 15 is 0 Å². The second kappa shape index (κ2) is 2.74. The molecule has 6 nitrogen and oxygen atoms in total. The molecule has 0 spiro atoms. The molecule has 2 unspecified atom stereocenters. The van der Waals surface area contributed by atoms with Gasteiger partial charge in [-0.3, -0.25) is 8.88 Å². The van der Waals surface area contributed by atoms with Crippen LogP contribution in [0.1, 0.15) is 0 Å². The van der Waals surface area contributed by atoms with Crippen molar-refractivity contribution in [3.05, 3.63) is 0 Å². The molecule has 0 aliphatic carbocycles. The minimum Gasteiger partial charge on any atom is -0.780 e. The van der Waals surface area contributed by atoms with Crippen LogP contribution in [0.3, 0.4) is 0 Å². The van der Waals surface area contributed by atoms with Crippen LogP contribution in [0.5, 0.6) is 0 Å². The number of phosphoric acid groups is 1. The van der Waals surface area contributed by atoms with Crippen LogP contribution < -0.4 is 9.79 Å². The lowest BCUT2D eigenvalue weighted by Gasteiger charge is -2.25. The molecule has 0 saturated heterocycles. The van der Waals surface area contributed by atoms with E-state index in [1.165, 1.54) is 0 Å². The Bertz CT molecular complexity index is 151. The number of hydrogen-bond acceptors (Lipinski definition) is 5. The average molecular weight is 192 g/mol. The second-order valence-corrected chi connectivity index (χ2v) is 4.93. The molecule has 0 fully saturated rings. The van der Waals surface area contributed by atoms with Crippen LogP contribution in [0.25, 0.3) is 0 Å². The van der Waals surface area contributed by atoms with E-state index in [2.05, 4.69) is 16.1 Å². The minimum atomic E-state index is -5.15. The largest absolute Gasteiger partial charge is 0.780 e. The standard InChI is InChI=1S/H4O6P2S/c1-7(2,3)6-8(4,5)9/h(H2,1,2,3)(H2,4,5,9)/p-2. The van der Waals surface area contributed by atoms with E-state index < -0.39 is 14.5 Å². The van der Waals surface area contributed by atoms with E-state index in [0.29, 0.717) is 0 Å². The molecule has 2 N–H and O–H groups in total. The normalized spacial score (nSPS) is 24.4. The van der Waals surface area contributed by atoms with Crippen molar-refractivity contribution in [2.75, 3.05) is 0 Å². The third-order valence-electron chi connectivity index (χ3n) is 0.206. The average Bonchev–Trinajstić information content (AvgIpc) is 1.14. The van der Waals surface area contributed by atoms with Gasteiger partial charge in [-0.25, -0.2) is 0 Å². The summed E-state index contributed by atoms with van der Waals surface area (Å²) >= 11 is 3.59. The first-order valence-corrected chi connectivity index (χ1v) is 5.58. The lowest BCUT2D eigenvalue weighted by atomic mass is 15.7. The number of rotatable bonds is 2. The summed E-state index contributed by atoms with van der Waals surface area (Å²) in [5, 5.41) is 0. The highest BCUT2D eigenvalue weighted by atomic mass is 32.5. The summed E-state index contributed by atoms with van der Waals surface area (Å²) in [5.74, 6) is 0. The molecule has 0 heterocycles. The summed E-state index contributed by atoms with van der Waals surface area (Å²) in [7, 11) is -5.15. The van der Waals surface area contributed by atoms with Crippen molar-refractivity contribution in [1.82, 2.24) is 0 Å². The van der Waals surface area contributed by atoms with Gasteiger partial charge in [0.25, 0.3) is 7.82 Å². The Kier molecular flexibility index (Phi) is 2.94. The molecule has 2 atom stereocenters. The van der Waals surface area contributed by atoms with Crippen LogP contribution in [0.4, 0.5) is 0 Å². The summed E-state index contributed by atoms with van der Waals surface area (Å²) in [6.45, 7) is -4.53. The minimum absolute atomic E-state index is 3.11. The van der Waals surface area contributed by atoms with Gasteiger partial charge in [-0.1, -0.05) is 11.8 Å². The first kappa shape index (κ1) is 9.68. The molecular formula is H2O6P2S-2. The van der Waals surface area contributed by atoms with Gasteiger partial charge in [0.2, 0.25) is 0 Å². The predicted molar refractivity (Wildman–Crippen MR) is 27.4 cm³/mol. The van der Waals surface area contributed by atoms with Crippen molar-refractivity contribution in [3.63, 3.8) is 0 Å². The van der Waals surface area contributed by atoms with Gasteiger partial charge in [-0.15, -0.1) is 0 Å². The van der Waals surface area contributed by atoms with Crippen molar-refractivity contribution < 1.29 is 28.4 Å². The van der Waals surface area contributed by atoms with Crippen LogP contribution in [-0.4, -0.2) is 9.79 Å². The van der Waals surface area contributed by atoms with Gasteiger partial charge in [-0.05, 0) is 0 Å².